The van der Waals surface area contributed by atoms with Crippen LogP contribution in [0.1, 0.15) is 24.0 Å². The zero-order chi connectivity index (χ0) is 13.4. The van der Waals surface area contributed by atoms with E-state index >= 15 is 0 Å². The SMILES string of the molecule is Cc1ccc(NC2C(N)C3CCCOC32)c(C#N)c1. The molecule has 0 amide bonds. The van der Waals surface area contributed by atoms with Crippen LogP contribution < -0.4 is 11.1 Å². The van der Waals surface area contributed by atoms with Crippen LogP contribution in [0.3, 0.4) is 0 Å². The summed E-state index contributed by atoms with van der Waals surface area (Å²) in [6.07, 6.45) is 2.47. The highest BCUT2D eigenvalue weighted by Crippen LogP contribution is 2.38. The minimum atomic E-state index is 0.123. The van der Waals surface area contributed by atoms with Crippen LogP contribution in [0.2, 0.25) is 0 Å². The molecule has 0 radical (unpaired) electrons. The van der Waals surface area contributed by atoms with Crippen LogP contribution in [0.15, 0.2) is 18.2 Å². The number of nitrogens with two attached hydrogens (primary N) is 1. The molecule has 1 aromatic rings. The Morgan fingerprint density at radius 3 is 3.11 bits per heavy atom. The van der Waals surface area contributed by atoms with Gasteiger partial charge in [-0.05, 0) is 37.5 Å². The van der Waals surface area contributed by atoms with Gasteiger partial charge < -0.3 is 15.8 Å². The number of nitriles is 1. The summed E-state index contributed by atoms with van der Waals surface area (Å²) in [4.78, 5) is 0. The molecule has 1 aromatic carbocycles. The standard InChI is InChI=1S/C15H19N3O/c1-9-4-5-12(10(7-9)8-16)18-14-13(17)11-3-2-6-19-15(11)14/h4-5,7,11,13-15,18H,2-3,6,17H2,1H3. The molecule has 1 saturated carbocycles. The molecule has 3 rings (SSSR count). The van der Waals surface area contributed by atoms with Gasteiger partial charge in [-0.1, -0.05) is 6.07 Å². The van der Waals surface area contributed by atoms with Crippen molar-refractivity contribution in [3.05, 3.63) is 29.3 Å². The zero-order valence-corrected chi connectivity index (χ0v) is 11.1. The molecule has 19 heavy (non-hydrogen) atoms. The Morgan fingerprint density at radius 1 is 1.47 bits per heavy atom. The number of ether oxygens (including phenoxy) is 1. The van der Waals surface area contributed by atoms with E-state index in [1.165, 1.54) is 0 Å². The molecular formula is C15H19N3O. The topological polar surface area (TPSA) is 71.1 Å². The first-order valence-electron chi connectivity index (χ1n) is 6.85. The maximum Gasteiger partial charge on any atom is 0.101 e. The van der Waals surface area contributed by atoms with Crippen molar-refractivity contribution >= 4 is 5.69 Å². The van der Waals surface area contributed by atoms with Crippen molar-refractivity contribution in [2.45, 2.75) is 38.0 Å². The maximum absolute atomic E-state index is 9.19. The Bertz CT molecular complexity index is 523. The van der Waals surface area contributed by atoms with Crippen molar-refractivity contribution in [1.29, 1.82) is 5.26 Å². The van der Waals surface area contributed by atoms with Gasteiger partial charge in [-0.15, -0.1) is 0 Å². The van der Waals surface area contributed by atoms with Gasteiger partial charge in [0.05, 0.1) is 23.4 Å². The highest BCUT2D eigenvalue weighted by molar-refractivity contribution is 5.59. The molecule has 3 N–H and O–H groups in total. The summed E-state index contributed by atoms with van der Waals surface area (Å²) in [6.45, 7) is 2.81. The number of hydrogen-bond donors (Lipinski definition) is 2. The average Bonchev–Trinajstić information content (AvgIpc) is 2.45. The van der Waals surface area contributed by atoms with Gasteiger partial charge in [-0.3, -0.25) is 0 Å². The van der Waals surface area contributed by atoms with Crippen molar-refractivity contribution < 1.29 is 4.74 Å². The summed E-state index contributed by atoms with van der Waals surface area (Å²) < 4.78 is 5.80. The van der Waals surface area contributed by atoms with E-state index in [4.69, 9.17) is 10.5 Å². The third-order valence-electron chi connectivity index (χ3n) is 4.29. The number of hydrogen-bond acceptors (Lipinski definition) is 4. The normalized spacial score (nSPS) is 32.9. The maximum atomic E-state index is 9.19. The largest absolute Gasteiger partial charge is 0.377 e. The molecule has 100 valence electrons. The van der Waals surface area contributed by atoms with Gasteiger partial charge in [0, 0.05) is 18.6 Å². The number of aryl methyl sites for hydroxylation is 1. The predicted octanol–water partition coefficient (Wildman–Crippen LogP) is 1.78. The fraction of sp³-hybridized carbons (Fsp3) is 0.533. The minimum absolute atomic E-state index is 0.123. The Morgan fingerprint density at radius 2 is 2.32 bits per heavy atom. The third-order valence-corrected chi connectivity index (χ3v) is 4.29. The number of nitrogens with one attached hydrogen (secondary N) is 1. The first-order valence-corrected chi connectivity index (χ1v) is 6.85. The van der Waals surface area contributed by atoms with Crippen LogP contribution in [-0.4, -0.2) is 24.8 Å². The van der Waals surface area contributed by atoms with E-state index in [-0.39, 0.29) is 18.2 Å². The van der Waals surface area contributed by atoms with E-state index in [1.807, 2.05) is 25.1 Å². The second-order valence-electron chi connectivity index (χ2n) is 5.55. The molecule has 0 spiro atoms. The van der Waals surface area contributed by atoms with Gasteiger partial charge in [0.2, 0.25) is 0 Å². The van der Waals surface area contributed by atoms with Gasteiger partial charge in [-0.2, -0.15) is 5.26 Å². The lowest BCUT2D eigenvalue weighted by Gasteiger charge is -2.52. The Kier molecular flexibility index (Phi) is 3.17. The van der Waals surface area contributed by atoms with Crippen molar-refractivity contribution in [2.75, 3.05) is 11.9 Å². The smallest absolute Gasteiger partial charge is 0.101 e. The zero-order valence-electron chi connectivity index (χ0n) is 11.1. The van der Waals surface area contributed by atoms with Crippen molar-refractivity contribution in [3.63, 3.8) is 0 Å². The monoisotopic (exact) mass is 257 g/mol. The highest BCUT2D eigenvalue weighted by atomic mass is 16.5. The lowest BCUT2D eigenvalue weighted by Crippen LogP contribution is -2.69. The molecule has 1 saturated heterocycles. The van der Waals surface area contributed by atoms with E-state index in [9.17, 15) is 5.26 Å². The summed E-state index contributed by atoms with van der Waals surface area (Å²) in [6, 6.07) is 8.34. The van der Waals surface area contributed by atoms with E-state index in [0.29, 0.717) is 11.5 Å². The predicted molar refractivity (Wildman–Crippen MR) is 73.7 cm³/mol. The number of rotatable bonds is 2. The van der Waals surface area contributed by atoms with Gasteiger partial charge in [-0.25, -0.2) is 0 Å². The van der Waals surface area contributed by atoms with Crippen LogP contribution >= 0.6 is 0 Å². The quantitative estimate of drug-likeness (QED) is 0.847. The molecule has 0 aromatic heterocycles. The van der Waals surface area contributed by atoms with Gasteiger partial charge in [0.1, 0.15) is 6.07 Å². The fourth-order valence-corrected chi connectivity index (χ4v) is 3.18. The molecule has 4 unspecified atom stereocenters. The van der Waals surface area contributed by atoms with Crippen molar-refractivity contribution in [3.8, 4) is 6.07 Å². The Labute approximate surface area is 113 Å². The number of anilines is 1. The number of benzene rings is 1. The first kappa shape index (κ1) is 12.5. The van der Waals surface area contributed by atoms with Gasteiger partial charge in [0.15, 0.2) is 0 Å². The van der Waals surface area contributed by atoms with Crippen molar-refractivity contribution in [1.82, 2.24) is 0 Å². The van der Waals surface area contributed by atoms with Crippen molar-refractivity contribution in [2.24, 2.45) is 11.7 Å². The Balaban J connectivity index is 1.77. The lowest BCUT2D eigenvalue weighted by molar-refractivity contribution is -0.104. The van der Waals surface area contributed by atoms with E-state index in [0.717, 1.165) is 30.7 Å². The molecule has 4 nitrogen and oxygen atoms in total. The molecule has 0 bridgehead atoms. The van der Waals surface area contributed by atoms with Crippen LogP contribution in [0.4, 0.5) is 5.69 Å². The van der Waals surface area contributed by atoms with E-state index < -0.39 is 0 Å². The molecular weight excluding hydrogens is 238 g/mol. The molecule has 1 aliphatic carbocycles. The van der Waals surface area contributed by atoms with E-state index in [2.05, 4.69) is 11.4 Å². The van der Waals surface area contributed by atoms with Gasteiger partial charge >= 0.3 is 0 Å². The minimum Gasteiger partial charge on any atom is -0.377 e. The third kappa shape index (κ3) is 2.09. The van der Waals surface area contributed by atoms with E-state index in [1.54, 1.807) is 0 Å². The molecule has 1 heterocycles. The number of nitrogens with zero attached hydrogens (tertiary/aromatic N) is 1. The second kappa shape index (κ2) is 4.84. The summed E-state index contributed by atoms with van der Waals surface area (Å²) in [5, 5.41) is 12.6. The Hall–Kier alpha value is -1.57. The average molecular weight is 257 g/mol. The second-order valence-corrected chi connectivity index (χ2v) is 5.55. The van der Waals surface area contributed by atoms with Crippen LogP contribution in [0, 0.1) is 24.2 Å². The molecule has 4 atom stereocenters. The van der Waals surface area contributed by atoms with Crippen LogP contribution in [0.5, 0.6) is 0 Å². The molecule has 4 heteroatoms. The molecule has 2 fully saturated rings. The summed E-state index contributed by atoms with van der Waals surface area (Å²) in [7, 11) is 0. The highest BCUT2D eigenvalue weighted by Gasteiger charge is 2.50. The molecule has 1 aliphatic heterocycles. The van der Waals surface area contributed by atoms with Crippen LogP contribution in [0.25, 0.3) is 0 Å². The number of fused-ring (bicyclic) bond motifs is 1. The first-order chi connectivity index (χ1) is 9.20. The molecule has 2 aliphatic rings. The van der Waals surface area contributed by atoms with Gasteiger partial charge in [0.25, 0.3) is 0 Å². The fourth-order valence-electron chi connectivity index (χ4n) is 3.18. The summed E-state index contributed by atoms with van der Waals surface area (Å²) in [5.74, 6) is 0.474. The lowest BCUT2D eigenvalue weighted by atomic mass is 9.68. The summed E-state index contributed by atoms with van der Waals surface area (Å²) in [5.41, 5.74) is 8.85. The van der Waals surface area contributed by atoms with Crippen LogP contribution in [-0.2, 0) is 4.74 Å². The summed E-state index contributed by atoms with van der Waals surface area (Å²) >= 11 is 0.